The summed E-state index contributed by atoms with van der Waals surface area (Å²) in [4.78, 5) is 24.8. The van der Waals surface area contributed by atoms with Crippen molar-refractivity contribution in [1.29, 1.82) is 0 Å². The third kappa shape index (κ3) is 4.27. The minimum Gasteiger partial charge on any atom is -0.508 e. The summed E-state index contributed by atoms with van der Waals surface area (Å²) in [5, 5.41) is 26.8. The summed E-state index contributed by atoms with van der Waals surface area (Å²) in [5.41, 5.74) is -0.188. The first-order chi connectivity index (χ1) is 13.0. The zero-order valence-electron chi connectivity index (χ0n) is 16.9. The molecule has 0 aliphatic rings. The van der Waals surface area contributed by atoms with Crippen LogP contribution in [0.1, 0.15) is 63.5 Å². The number of aromatic nitrogens is 1. The average Bonchev–Trinajstić information content (AvgIpc) is 2.97. The average molecular weight is 390 g/mol. The van der Waals surface area contributed by atoms with E-state index in [-0.39, 0.29) is 52.6 Å². The van der Waals surface area contributed by atoms with Crippen molar-refractivity contribution in [2.75, 3.05) is 11.9 Å². The minimum absolute atomic E-state index is 0.0000491. The summed E-state index contributed by atoms with van der Waals surface area (Å²) < 4.78 is 10.3. The Bertz CT molecular complexity index is 893. The van der Waals surface area contributed by atoms with Gasteiger partial charge in [0.05, 0.1) is 12.2 Å². The van der Waals surface area contributed by atoms with Gasteiger partial charge in [-0.3, -0.25) is 4.79 Å². The van der Waals surface area contributed by atoms with Gasteiger partial charge in [-0.25, -0.2) is 4.79 Å². The summed E-state index contributed by atoms with van der Waals surface area (Å²) in [7, 11) is 0. The number of aromatic hydroxyl groups is 2. The molecular formula is C20H26N2O6. The molecule has 1 aromatic heterocycles. The lowest BCUT2D eigenvalue weighted by atomic mass is 9.95. The van der Waals surface area contributed by atoms with Crippen LogP contribution in [-0.4, -0.2) is 33.9 Å². The first-order valence-corrected chi connectivity index (χ1v) is 9.01. The van der Waals surface area contributed by atoms with Crippen LogP contribution in [0, 0.1) is 5.41 Å². The van der Waals surface area contributed by atoms with Crippen LogP contribution in [0.25, 0.3) is 11.3 Å². The Labute approximate surface area is 163 Å². The van der Waals surface area contributed by atoms with E-state index in [4.69, 9.17) is 9.26 Å². The van der Waals surface area contributed by atoms with Gasteiger partial charge in [-0.05, 0) is 24.5 Å². The second-order valence-electron chi connectivity index (χ2n) is 7.74. The normalized spacial score (nSPS) is 11.5. The first-order valence-electron chi connectivity index (χ1n) is 9.01. The van der Waals surface area contributed by atoms with Gasteiger partial charge in [-0.1, -0.05) is 39.8 Å². The quantitative estimate of drug-likeness (QED) is 0.659. The summed E-state index contributed by atoms with van der Waals surface area (Å²) in [5.74, 6) is -1.52. The molecule has 0 saturated carbocycles. The topological polar surface area (TPSA) is 122 Å². The fourth-order valence-electron chi connectivity index (χ4n) is 2.47. The van der Waals surface area contributed by atoms with Gasteiger partial charge in [0.2, 0.25) is 11.6 Å². The molecule has 1 aromatic carbocycles. The van der Waals surface area contributed by atoms with Crippen LogP contribution in [0.2, 0.25) is 0 Å². The maximum atomic E-state index is 12.5. The molecular weight excluding hydrogens is 364 g/mol. The van der Waals surface area contributed by atoms with E-state index in [1.165, 1.54) is 12.1 Å². The molecule has 0 spiro atoms. The van der Waals surface area contributed by atoms with Crippen LogP contribution in [0.5, 0.6) is 11.5 Å². The Balaban J connectivity index is 2.66. The van der Waals surface area contributed by atoms with Crippen molar-refractivity contribution in [3.63, 3.8) is 0 Å². The Morgan fingerprint density at radius 2 is 1.86 bits per heavy atom. The highest BCUT2D eigenvalue weighted by Gasteiger charge is 2.31. The van der Waals surface area contributed by atoms with E-state index in [1.54, 1.807) is 27.7 Å². The van der Waals surface area contributed by atoms with Gasteiger partial charge in [0.1, 0.15) is 17.2 Å². The third-order valence-electron chi connectivity index (χ3n) is 4.09. The number of carbonyl (C=O) groups is 2. The Morgan fingerprint density at radius 3 is 2.39 bits per heavy atom. The number of hydrogen-bond donors (Lipinski definition) is 3. The second-order valence-corrected chi connectivity index (χ2v) is 7.74. The van der Waals surface area contributed by atoms with E-state index >= 15 is 0 Å². The molecule has 8 nitrogen and oxygen atoms in total. The Kier molecular flexibility index (Phi) is 6.01. The van der Waals surface area contributed by atoms with Crippen LogP contribution in [-0.2, 0) is 9.53 Å². The van der Waals surface area contributed by atoms with Gasteiger partial charge < -0.3 is 24.8 Å². The highest BCUT2D eigenvalue weighted by Crippen LogP contribution is 2.42. The number of benzene rings is 1. The number of nitrogens with one attached hydrogen (secondary N) is 1. The van der Waals surface area contributed by atoms with Gasteiger partial charge in [-0.15, -0.1) is 0 Å². The van der Waals surface area contributed by atoms with Gasteiger partial charge >= 0.3 is 5.97 Å². The summed E-state index contributed by atoms with van der Waals surface area (Å²) in [6, 6.07) is 2.73. The van der Waals surface area contributed by atoms with Crippen LogP contribution in [0.4, 0.5) is 5.69 Å². The predicted molar refractivity (Wildman–Crippen MR) is 103 cm³/mol. The largest absolute Gasteiger partial charge is 0.508 e. The number of nitrogens with zero attached hydrogens (tertiary/aromatic N) is 1. The maximum absolute atomic E-state index is 12.5. The molecule has 8 heteroatoms. The minimum atomic E-state index is -0.760. The lowest BCUT2D eigenvalue weighted by molar-refractivity contribution is -0.123. The standard InChI is InChI=1S/C20H26N2O6/c1-7-27-18(25)16-15(21-19(26)20(4,5)6)17(28-22-16)12-8-11(10(2)3)13(23)9-14(12)24/h8-10,23-24H,7H2,1-6H3,(H,21,26). The van der Waals surface area contributed by atoms with Gasteiger partial charge in [-0.2, -0.15) is 0 Å². The van der Waals surface area contributed by atoms with Crippen molar-refractivity contribution >= 4 is 17.6 Å². The number of esters is 1. The Morgan fingerprint density at radius 1 is 1.21 bits per heavy atom. The fourth-order valence-corrected chi connectivity index (χ4v) is 2.47. The van der Waals surface area contributed by atoms with E-state index in [0.29, 0.717) is 5.56 Å². The zero-order valence-corrected chi connectivity index (χ0v) is 16.9. The smallest absolute Gasteiger partial charge is 0.362 e. The van der Waals surface area contributed by atoms with Crippen LogP contribution in [0.3, 0.4) is 0 Å². The van der Waals surface area contributed by atoms with Crippen molar-refractivity contribution in [3.8, 4) is 22.8 Å². The lowest BCUT2D eigenvalue weighted by Gasteiger charge is -2.18. The molecule has 2 rings (SSSR count). The maximum Gasteiger partial charge on any atom is 0.362 e. The molecule has 2 aromatic rings. The number of rotatable bonds is 5. The summed E-state index contributed by atoms with van der Waals surface area (Å²) >= 11 is 0. The van der Waals surface area contributed by atoms with Crippen molar-refractivity contribution in [1.82, 2.24) is 5.16 Å². The molecule has 0 aliphatic carbocycles. The molecule has 0 fully saturated rings. The van der Waals surface area contributed by atoms with Crippen LogP contribution < -0.4 is 5.32 Å². The van der Waals surface area contributed by atoms with Crippen molar-refractivity contribution in [3.05, 3.63) is 23.4 Å². The molecule has 0 radical (unpaired) electrons. The zero-order chi connectivity index (χ0) is 21.2. The van der Waals surface area contributed by atoms with Gasteiger partial charge in [0.15, 0.2) is 5.76 Å². The lowest BCUT2D eigenvalue weighted by Crippen LogP contribution is -2.28. The van der Waals surface area contributed by atoms with Gasteiger partial charge in [0, 0.05) is 11.5 Å². The highest BCUT2D eigenvalue weighted by molar-refractivity contribution is 6.05. The van der Waals surface area contributed by atoms with E-state index in [2.05, 4.69) is 10.5 Å². The molecule has 1 amide bonds. The van der Waals surface area contributed by atoms with Crippen LogP contribution in [0.15, 0.2) is 16.7 Å². The van der Waals surface area contributed by atoms with E-state index < -0.39 is 11.4 Å². The number of phenolic OH excluding ortho intramolecular Hbond substituents is 2. The molecule has 0 bridgehead atoms. The van der Waals surface area contributed by atoms with E-state index in [9.17, 15) is 19.8 Å². The summed E-state index contributed by atoms with van der Waals surface area (Å²) in [6.45, 7) is 10.7. The molecule has 152 valence electrons. The number of amides is 1. The second kappa shape index (κ2) is 7.92. The molecule has 3 N–H and O–H groups in total. The van der Waals surface area contributed by atoms with E-state index in [0.717, 1.165) is 0 Å². The predicted octanol–water partition coefficient (Wildman–Crippen LogP) is 4.04. The SMILES string of the molecule is CCOC(=O)c1noc(-c2cc(C(C)C)c(O)cc2O)c1NC(=O)C(C)(C)C. The molecule has 28 heavy (non-hydrogen) atoms. The molecule has 0 aliphatic heterocycles. The van der Waals surface area contributed by atoms with Crippen molar-refractivity contribution in [2.45, 2.75) is 47.5 Å². The first kappa shape index (κ1) is 21.3. The number of anilines is 1. The monoisotopic (exact) mass is 390 g/mol. The molecule has 0 atom stereocenters. The number of hydrogen-bond acceptors (Lipinski definition) is 7. The number of carbonyl (C=O) groups excluding carboxylic acids is 2. The Hall–Kier alpha value is -3.03. The molecule has 0 saturated heterocycles. The van der Waals surface area contributed by atoms with E-state index in [1.807, 2.05) is 13.8 Å². The molecule has 1 heterocycles. The van der Waals surface area contributed by atoms with Crippen molar-refractivity contribution in [2.24, 2.45) is 5.41 Å². The van der Waals surface area contributed by atoms with Crippen molar-refractivity contribution < 1.29 is 29.1 Å². The molecule has 0 unspecified atom stereocenters. The highest BCUT2D eigenvalue weighted by atomic mass is 16.5. The summed E-state index contributed by atoms with van der Waals surface area (Å²) in [6.07, 6.45) is 0. The number of phenols is 2. The van der Waals surface area contributed by atoms with Crippen LogP contribution >= 0.6 is 0 Å². The fraction of sp³-hybridized carbons (Fsp3) is 0.450. The number of ether oxygens (including phenoxy) is 1. The van der Waals surface area contributed by atoms with Gasteiger partial charge in [0.25, 0.3) is 0 Å². The third-order valence-corrected chi connectivity index (χ3v) is 4.09.